The van der Waals surface area contributed by atoms with Crippen LogP contribution in [0.25, 0.3) is 28.6 Å². The second-order valence-corrected chi connectivity index (χ2v) is 12.4. The van der Waals surface area contributed by atoms with Crippen molar-refractivity contribution in [1.82, 2.24) is 10.3 Å². The number of anilines is 2. The highest BCUT2D eigenvalue weighted by atomic mass is 32.2. The van der Waals surface area contributed by atoms with Gasteiger partial charge < -0.3 is 20.4 Å². The van der Waals surface area contributed by atoms with E-state index in [0.717, 1.165) is 32.7 Å². The summed E-state index contributed by atoms with van der Waals surface area (Å²) in [6.07, 6.45) is 1.67. The second kappa shape index (κ2) is 14.7. The minimum atomic E-state index is -0.460. The summed E-state index contributed by atoms with van der Waals surface area (Å²) in [5.74, 6) is -0.471. The molecule has 6 aromatic rings. The summed E-state index contributed by atoms with van der Waals surface area (Å²) < 4.78 is 5.84. The summed E-state index contributed by atoms with van der Waals surface area (Å²) in [6, 6.07) is 38.5. The number of para-hydroxylation sites is 2. The molecule has 1 atom stereocenters. The van der Waals surface area contributed by atoms with E-state index in [2.05, 4.69) is 20.9 Å². The first-order chi connectivity index (χ1) is 23.3. The minimum absolute atomic E-state index is 0.115. The van der Waals surface area contributed by atoms with Crippen LogP contribution in [-0.4, -0.2) is 28.0 Å². The fraction of sp³-hybridized carbons (Fsp3) is 0.0769. The molecule has 0 aliphatic rings. The largest absolute Gasteiger partial charge is 0.436 e. The van der Waals surface area contributed by atoms with Gasteiger partial charge >= 0.3 is 0 Å². The number of hydrogen-bond acceptors (Lipinski definition) is 6. The molecule has 8 nitrogen and oxygen atoms in total. The maximum atomic E-state index is 13.4. The van der Waals surface area contributed by atoms with Gasteiger partial charge in [-0.25, -0.2) is 4.98 Å². The van der Waals surface area contributed by atoms with Gasteiger partial charge in [-0.15, -0.1) is 11.8 Å². The quantitative estimate of drug-likeness (QED) is 0.101. The Morgan fingerprint density at radius 2 is 1.40 bits per heavy atom. The molecule has 1 aromatic heterocycles. The van der Waals surface area contributed by atoms with Crippen molar-refractivity contribution in [2.75, 3.05) is 10.6 Å². The van der Waals surface area contributed by atoms with Crippen molar-refractivity contribution in [3.8, 4) is 11.5 Å². The lowest BCUT2D eigenvalue weighted by molar-refractivity contribution is -0.115. The number of amides is 3. The van der Waals surface area contributed by atoms with E-state index in [0.29, 0.717) is 22.8 Å². The summed E-state index contributed by atoms with van der Waals surface area (Å²) in [6.45, 7) is 3.77. The molecule has 0 saturated carbocycles. The van der Waals surface area contributed by atoms with Crippen LogP contribution in [-0.2, 0) is 9.59 Å². The summed E-state index contributed by atoms with van der Waals surface area (Å²) in [5, 5.41) is 8.22. The van der Waals surface area contributed by atoms with Crippen molar-refractivity contribution >= 4 is 58.0 Å². The van der Waals surface area contributed by atoms with Gasteiger partial charge in [0.25, 0.3) is 11.8 Å². The van der Waals surface area contributed by atoms with Crippen LogP contribution in [0.1, 0.15) is 28.4 Å². The van der Waals surface area contributed by atoms with E-state index < -0.39 is 5.91 Å². The molecule has 48 heavy (non-hydrogen) atoms. The third-order valence-electron chi connectivity index (χ3n) is 7.50. The van der Waals surface area contributed by atoms with Gasteiger partial charge in [0.05, 0.1) is 5.25 Å². The highest BCUT2D eigenvalue weighted by Gasteiger charge is 2.18. The van der Waals surface area contributed by atoms with Gasteiger partial charge in [-0.2, -0.15) is 0 Å². The van der Waals surface area contributed by atoms with Crippen LogP contribution in [0.2, 0.25) is 0 Å². The van der Waals surface area contributed by atoms with Gasteiger partial charge in [-0.1, -0.05) is 54.6 Å². The maximum absolute atomic E-state index is 13.4. The molecule has 238 valence electrons. The summed E-state index contributed by atoms with van der Waals surface area (Å²) >= 11 is 1.40. The van der Waals surface area contributed by atoms with Crippen LogP contribution in [0.3, 0.4) is 0 Å². The van der Waals surface area contributed by atoms with Crippen molar-refractivity contribution in [3.63, 3.8) is 0 Å². The average molecular weight is 653 g/mol. The van der Waals surface area contributed by atoms with Crippen LogP contribution >= 0.6 is 11.8 Å². The summed E-state index contributed by atoms with van der Waals surface area (Å²) in [4.78, 5) is 44.7. The van der Waals surface area contributed by atoms with Crippen molar-refractivity contribution in [2.45, 2.75) is 24.0 Å². The number of nitrogens with one attached hydrogen (secondary N) is 3. The molecule has 9 heteroatoms. The Kier molecular flexibility index (Phi) is 9.78. The predicted molar refractivity (Wildman–Crippen MR) is 192 cm³/mol. The Balaban J connectivity index is 1.07. The summed E-state index contributed by atoms with van der Waals surface area (Å²) in [5.41, 5.74) is 5.87. The molecule has 0 saturated heterocycles. The number of aromatic nitrogens is 1. The third-order valence-corrected chi connectivity index (χ3v) is 8.62. The molecule has 0 radical (unpaired) electrons. The fourth-order valence-electron chi connectivity index (χ4n) is 4.86. The second-order valence-electron chi connectivity index (χ2n) is 11.0. The fourth-order valence-corrected chi connectivity index (χ4v) is 5.72. The van der Waals surface area contributed by atoms with E-state index in [1.807, 2.05) is 105 Å². The zero-order chi connectivity index (χ0) is 33.5. The minimum Gasteiger partial charge on any atom is -0.436 e. The first-order valence-electron chi connectivity index (χ1n) is 15.3. The van der Waals surface area contributed by atoms with Crippen LogP contribution in [0.15, 0.2) is 142 Å². The zero-order valence-corrected chi connectivity index (χ0v) is 27.1. The van der Waals surface area contributed by atoms with Gasteiger partial charge in [-0.05, 0) is 104 Å². The number of hydrogen-bond donors (Lipinski definition) is 3. The van der Waals surface area contributed by atoms with Crippen LogP contribution in [0.4, 0.5) is 11.4 Å². The lowest BCUT2D eigenvalue weighted by Gasteiger charge is -2.14. The van der Waals surface area contributed by atoms with E-state index >= 15 is 0 Å². The number of carbonyl (C=O) groups is 3. The predicted octanol–water partition coefficient (Wildman–Crippen LogP) is 8.33. The number of carbonyl (C=O) groups excluding carboxylic acids is 3. The highest BCUT2D eigenvalue weighted by Crippen LogP contribution is 2.28. The molecule has 6 rings (SSSR count). The Bertz CT molecular complexity index is 2070. The van der Waals surface area contributed by atoms with Crippen LogP contribution in [0, 0.1) is 6.92 Å². The Labute approximate surface area is 282 Å². The average Bonchev–Trinajstić information content (AvgIpc) is 3.55. The van der Waals surface area contributed by atoms with Crippen molar-refractivity contribution in [1.29, 1.82) is 0 Å². The zero-order valence-electron chi connectivity index (χ0n) is 26.3. The van der Waals surface area contributed by atoms with E-state index in [1.165, 1.54) is 11.8 Å². The van der Waals surface area contributed by atoms with Crippen LogP contribution in [0.5, 0.6) is 0 Å². The van der Waals surface area contributed by atoms with E-state index in [-0.39, 0.29) is 22.8 Å². The molecule has 0 fully saturated rings. The molecule has 3 N–H and O–H groups in total. The number of benzene rings is 5. The van der Waals surface area contributed by atoms with E-state index in [9.17, 15) is 14.4 Å². The molecule has 0 aliphatic carbocycles. The first-order valence-corrected chi connectivity index (χ1v) is 16.2. The number of fused-ring (bicyclic) bond motifs is 1. The van der Waals surface area contributed by atoms with E-state index in [4.69, 9.17) is 4.42 Å². The van der Waals surface area contributed by atoms with Crippen molar-refractivity contribution in [3.05, 3.63) is 150 Å². The normalized spacial score (nSPS) is 11.9. The molecular formula is C39H32N4O4S. The molecule has 0 spiro atoms. The monoisotopic (exact) mass is 652 g/mol. The third kappa shape index (κ3) is 7.89. The van der Waals surface area contributed by atoms with Crippen LogP contribution < -0.4 is 16.0 Å². The molecule has 0 bridgehead atoms. The number of oxazole rings is 1. The molecule has 0 aliphatic heterocycles. The number of rotatable bonds is 10. The Morgan fingerprint density at radius 1 is 0.750 bits per heavy atom. The van der Waals surface area contributed by atoms with Gasteiger partial charge in [0.2, 0.25) is 11.8 Å². The standard InChI is InChI=1S/C39H32N4O4S/c1-25-10-6-7-13-29(25)24-34(42-37(45)27-11-4-3-5-12-27)38(46)41-31-20-22-32(23-21-31)48-26(2)36(44)40-30-18-16-28(17-19-30)39-43-33-14-8-9-15-35(33)47-39/h3-24,26H,1-2H3,(H,40,44)(H,41,46)(H,42,45)/b34-24-. The topological polar surface area (TPSA) is 113 Å². The SMILES string of the molecule is Cc1ccccc1/C=C(\NC(=O)c1ccccc1)C(=O)Nc1ccc(SC(C)C(=O)Nc2ccc(-c3nc4ccccc4o3)cc2)cc1. The molecular weight excluding hydrogens is 621 g/mol. The van der Waals surface area contributed by atoms with Crippen molar-refractivity contribution in [2.24, 2.45) is 0 Å². The molecule has 3 amide bonds. The lowest BCUT2D eigenvalue weighted by atomic mass is 10.1. The lowest BCUT2D eigenvalue weighted by Crippen LogP contribution is -2.30. The van der Waals surface area contributed by atoms with Gasteiger partial charge in [0, 0.05) is 27.4 Å². The Morgan fingerprint density at radius 3 is 2.12 bits per heavy atom. The first kappa shape index (κ1) is 32.0. The van der Waals surface area contributed by atoms with Gasteiger partial charge in [0.15, 0.2) is 5.58 Å². The highest BCUT2D eigenvalue weighted by molar-refractivity contribution is 8.00. The summed E-state index contributed by atoms with van der Waals surface area (Å²) in [7, 11) is 0. The van der Waals surface area contributed by atoms with Gasteiger partial charge in [-0.3, -0.25) is 14.4 Å². The smallest absolute Gasteiger partial charge is 0.272 e. The Hall–Kier alpha value is -5.93. The number of nitrogens with zero attached hydrogens (tertiary/aromatic N) is 1. The molecule has 1 heterocycles. The molecule has 1 unspecified atom stereocenters. The number of aryl methyl sites for hydroxylation is 1. The molecule has 5 aromatic carbocycles. The maximum Gasteiger partial charge on any atom is 0.272 e. The number of thioether (sulfide) groups is 1. The van der Waals surface area contributed by atoms with E-state index in [1.54, 1.807) is 42.5 Å². The van der Waals surface area contributed by atoms with Gasteiger partial charge in [0.1, 0.15) is 11.2 Å². The van der Waals surface area contributed by atoms with Crippen molar-refractivity contribution < 1.29 is 18.8 Å².